The quantitative estimate of drug-likeness (QED) is 0.455. The maximum absolute atomic E-state index is 13.5. The first kappa shape index (κ1) is 20.5. The summed E-state index contributed by atoms with van der Waals surface area (Å²) in [7, 11) is 1.63. The molecule has 0 saturated heterocycles. The first-order valence-corrected chi connectivity index (χ1v) is 11.2. The van der Waals surface area contributed by atoms with Gasteiger partial charge in [0.25, 0.3) is 0 Å². The van der Waals surface area contributed by atoms with Crippen molar-refractivity contribution in [2.75, 3.05) is 7.11 Å². The number of Topliss-reactive ketones (excluding diaryl/α,β-unsaturated/α-hetero) is 1. The Bertz CT molecular complexity index is 1470. The summed E-state index contributed by atoms with van der Waals surface area (Å²) in [6, 6.07) is 13.3. The van der Waals surface area contributed by atoms with Crippen LogP contribution in [0.15, 0.2) is 66.3 Å². The van der Waals surface area contributed by atoms with Crippen LogP contribution >= 0.6 is 0 Å². The zero-order valence-corrected chi connectivity index (χ0v) is 19.1. The Labute approximate surface area is 196 Å². The van der Waals surface area contributed by atoms with Gasteiger partial charge in [-0.3, -0.25) is 9.78 Å². The van der Waals surface area contributed by atoms with Crippen molar-refractivity contribution < 1.29 is 14.3 Å². The Morgan fingerprint density at radius 2 is 1.91 bits per heavy atom. The van der Waals surface area contributed by atoms with E-state index in [1.54, 1.807) is 24.1 Å². The van der Waals surface area contributed by atoms with Crippen molar-refractivity contribution in [3.8, 4) is 23.1 Å². The van der Waals surface area contributed by atoms with Gasteiger partial charge < -0.3 is 9.47 Å². The number of allylic oxidation sites excluding steroid dienone is 2. The summed E-state index contributed by atoms with van der Waals surface area (Å²) in [5.41, 5.74) is 3.25. The SMILES string of the molecule is COc1ccccc1[C@@H]1C2=C(CC(C)(C)CC2=O)Oc2ncn3nc(-c4ccccn4)nc3c21. The number of carbonyl (C=O) groups is 1. The van der Waals surface area contributed by atoms with E-state index < -0.39 is 5.92 Å². The third-order valence-electron chi connectivity index (χ3n) is 6.41. The number of nitrogens with zero attached hydrogens (tertiary/aromatic N) is 5. The second-order valence-corrected chi connectivity index (χ2v) is 9.44. The summed E-state index contributed by atoms with van der Waals surface area (Å²) in [4.78, 5) is 27.3. The number of ether oxygens (including phenoxy) is 2. The minimum atomic E-state index is -0.435. The maximum Gasteiger partial charge on any atom is 0.228 e. The number of hydrogen-bond donors (Lipinski definition) is 0. The van der Waals surface area contributed by atoms with Crippen molar-refractivity contribution in [3.05, 3.63) is 77.4 Å². The van der Waals surface area contributed by atoms with Crippen molar-refractivity contribution in [2.24, 2.45) is 5.41 Å². The van der Waals surface area contributed by atoms with Crippen molar-refractivity contribution in [1.29, 1.82) is 0 Å². The lowest BCUT2D eigenvalue weighted by molar-refractivity contribution is -0.118. The van der Waals surface area contributed by atoms with Crippen LogP contribution in [0.5, 0.6) is 11.6 Å². The van der Waals surface area contributed by atoms with Crippen molar-refractivity contribution >= 4 is 11.4 Å². The fourth-order valence-corrected chi connectivity index (χ4v) is 4.96. The van der Waals surface area contributed by atoms with Crippen molar-refractivity contribution in [2.45, 2.75) is 32.6 Å². The van der Waals surface area contributed by atoms with Crippen LogP contribution in [0.3, 0.4) is 0 Å². The molecule has 0 saturated carbocycles. The van der Waals surface area contributed by atoms with Crippen LogP contribution in [0.25, 0.3) is 17.2 Å². The maximum atomic E-state index is 13.5. The highest BCUT2D eigenvalue weighted by atomic mass is 16.5. The molecule has 4 aromatic rings. The number of ketones is 1. The van der Waals surface area contributed by atoms with Gasteiger partial charge in [-0.1, -0.05) is 38.1 Å². The topological polar surface area (TPSA) is 91.5 Å². The molecular weight excluding hydrogens is 430 g/mol. The summed E-state index contributed by atoms with van der Waals surface area (Å²) in [6.07, 6.45) is 4.39. The molecule has 0 unspecified atom stereocenters. The van der Waals surface area contributed by atoms with Gasteiger partial charge in [-0.2, -0.15) is 0 Å². The smallest absolute Gasteiger partial charge is 0.228 e. The molecule has 3 aromatic heterocycles. The second-order valence-electron chi connectivity index (χ2n) is 9.44. The predicted octanol–water partition coefficient (Wildman–Crippen LogP) is 4.36. The lowest BCUT2D eigenvalue weighted by Crippen LogP contribution is -2.33. The Kier molecular flexibility index (Phi) is 4.52. The average Bonchev–Trinajstić information content (AvgIpc) is 3.27. The molecule has 170 valence electrons. The number of carbonyl (C=O) groups excluding carboxylic acids is 1. The monoisotopic (exact) mass is 453 g/mol. The van der Waals surface area contributed by atoms with E-state index in [-0.39, 0.29) is 11.2 Å². The van der Waals surface area contributed by atoms with E-state index >= 15 is 0 Å². The first-order chi connectivity index (χ1) is 16.4. The van der Waals surface area contributed by atoms with E-state index in [0.717, 1.165) is 5.56 Å². The molecule has 1 aliphatic carbocycles. The highest BCUT2D eigenvalue weighted by molar-refractivity contribution is 6.00. The number of fused-ring (bicyclic) bond motifs is 3. The molecule has 6 rings (SSSR count). The average molecular weight is 454 g/mol. The van der Waals surface area contributed by atoms with Crippen LogP contribution in [0.4, 0.5) is 0 Å². The third-order valence-corrected chi connectivity index (χ3v) is 6.41. The van der Waals surface area contributed by atoms with Gasteiger partial charge in [0, 0.05) is 30.2 Å². The van der Waals surface area contributed by atoms with Crippen molar-refractivity contribution in [3.63, 3.8) is 0 Å². The fourth-order valence-electron chi connectivity index (χ4n) is 4.96. The number of para-hydroxylation sites is 1. The van der Waals surface area contributed by atoms with Gasteiger partial charge in [0.05, 0.1) is 18.6 Å². The largest absolute Gasteiger partial charge is 0.496 e. The highest BCUT2D eigenvalue weighted by Gasteiger charge is 2.44. The lowest BCUT2D eigenvalue weighted by atomic mass is 9.70. The molecule has 1 atom stereocenters. The van der Waals surface area contributed by atoms with Gasteiger partial charge in [-0.15, -0.1) is 5.10 Å². The minimum Gasteiger partial charge on any atom is -0.496 e. The van der Waals surface area contributed by atoms with Gasteiger partial charge >= 0.3 is 0 Å². The van der Waals surface area contributed by atoms with Crippen molar-refractivity contribution in [1.82, 2.24) is 24.6 Å². The van der Waals surface area contributed by atoms with Crippen LogP contribution in [-0.2, 0) is 4.79 Å². The molecule has 0 radical (unpaired) electrons. The molecule has 1 aromatic carbocycles. The zero-order chi connectivity index (χ0) is 23.4. The first-order valence-electron chi connectivity index (χ1n) is 11.2. The van der Waals surface area contributed by atoms with E-state index in [9.17, 15) is 4.79 Å². The molecule has 0 bridgehead atoms. The van der Waals surface area contributed by atoms with Gasteiger partial charge in [-0.25, -0.2) is 14.5 Å². The van der Waals surface area contributed by atoms with Gasteiger partial charge in [-0.05, 0) is 23.6 Å². The molecule has 1 aliphatic heterocycles. The zero-order valence-electron chi connectivity index (χ0n) is 19.1. The molecule has 8 heteroatoms. The number of aromatic nitrogens is 5. The number of pyridine rings is 1. The molecule has 4 heterocycles. The van der Waals surface area contributed by atoms with Gasteiger partial charge in [0.15, 0.2) is 11.4 Å². The predicted molar refractivity (Wildman–Crippen MR) is 125 cm³/mol. The molecular formula is C26H23N5O3. The Morgan fingerprint density at radius 3 is 2.71 bits per heavy atom. The van der Waals surface area contributed by atoms with E-state index in [1.807, 2.05) is 42.5 Å². The summed E-state index contributed by atoms with van der Waals surface area (Å²) in [5, 5.41) is 4.60. The standard InChI is InChI=1S/C26H23N5O3/c1-26(2)12-17(32)21-19(13-26)34-25-22(20(21)15-8-4-5-10-18(15)33-3)24-29-23(30-31(24)14-28-25)16-9-6-7-11-27-16/h4-11,14,20H,12-13H2,1-3H3/t20-/m1/s1. The number of rotatable bonds is 3. The Morgan fingerprint density at radius 1 is 1.09 bits per heavy atom. The third kappa shape index (κ3) is 3.17. The molecule has 8 nitrogen and oxygen atoms in total. The molecule has 0 spiro atoms. The molecule has 34 heavy (non-hydrogen) atoms. The number of methoxy groups -OCH3 is 1. The highest BCUT2D eigenvalue weighted by Crippen LogP contribution is 2.51. The summed E-state index contributed by atoms with van der Waals surface area (Å²) in [5.74, 6) is 1.91. The Balaban J connectivity index is 1.63. The molecule has 0 fully saturated rings. The summed E-state index contributed by atoms with van der Waals surface area (Å²) < 4.78 is 13.6. The summed E-state index contributed by atoms with van der Waals surface area (Å²) in [6.45, 7) is 4.17. The minimum absolute atomic E-state index is 0.0688. The number of benzene rings is 1. The van der Waals surface area contributed by atoms with Crippen LogP contribution in [0.2, 0.25) is 0 Å². The normalized spacial score (nSPS) is 18.9. The Hall–Kier alpha value is -4.07. The van der Waals surface area contributed by atoms with E-state index in [4.69, 9.17) is 14.5 Å². The molecule has 0 amide bonds. The second kappa shape index (κ2) is 7.48. The van der Waals surface area contributed by atoms with Crippen LogP contribution < -0.4 is 9.47 Å². The van der Waals surface area contributed by atoms with E-state index in [2.05, 4.69) is 28.9 Å². The lowest BCUT2D eigenvalue weighted by Gasteiger charge is -2.37. The fraction of sp³-hybridized carbons (Fsp3) is 0.269. The van der Waals surface area contributed by atoms with E-state index in [0.29, 0.717) is 58.5 Å². The van der Waals surface area contributed by atoms with Crippen LogP contribution in [-0.4, -0.2) is 37.5 Å². The summed E-state index contributed by atoms with van der Waals surface area (Å²) >= 11 is 0. The molecule has 2 aliphatic rings. The van der Waals surface area contributed by atoms with Crippen LogP contribution in [0, 0.1) is 5.41 Å². The van der Waals surface area contributed by atoms with Crippen LogP contribution in [0.1, 0.15) is 43.7 Å². The van der Waals surface area contributed by atoms with Gasteiger partial charge in [0.2, 0.25) is 11.7 Å². The number of hydrogen-bond acceptors (Lipinski definition) is 7. The molecule has 0 N–H and O–H groups in total. The van der Waals surface area contributed by atoms with E-state index in [1.165, 1.54) is 0 Å². The van der Waals surface area contributed by atoms with Gasteiger partial charge in [0.1, 0.15) is 23.5 Å².